The first-order valence-corrected chi connectivity index (χ1v) is 3.61. The number of aliphatic hydroxyl groups excluding tert-OH is 1. The Morgan fingerprint density at radius 2 is 2.50 bits per heavy atom. The van der Waals surface area contributed by atoms with Gasteiger partial charge < -0.3 is 10.0 Å². The van der Waals surface area contributed by atoms with Gasteiger partial charge in [-0.1, -0.05) is 0 Å². The highest BCUT2D eigenvalue weighted by Crippen LogP contribution is 2.07. The molecule has 1 aromatic rings. The maximum atomic E-state index is 10.5. The van der Waals surface area contributed by atoms with Crippen LogP contribution < -0.4 is 4.90 Å². The number of hydrogen-bond acceptors (Lipinski definition) is 3. The van der Waals surface area contributed by atoms with Crippen LogP contribution in [0.3, 0.4) is 0 Å². The van der Waals surface area contributed by atoms with Crippen LogP contribution in [0.2, 0.25) is 0 Å². The van der Waals surface area contributed by atoms with Crippen LogP contribution in [0.1, 0.15) is 0 Å². The number of rotatable bonds is 4. The number of hydrogen-bond donors (Lipinski definition) is 1. The summed E-state index contributed by atoms with van der Waals surface area (Å²) in [6, 6.07) is 3.50. The van der Waals surface area contributed by atoms with Gasteiger partial charge in [-0.2, -0.15) is 0 Å². The first kappa shape index (κ1) is 8.67. The van der Waals surface area contributed by atoms with Crippen molar-refractivity contribution in [2.75, 3.05) is 18.1 Å². The van der Waals surface area contributed by atoms with Crippen molar-refractivity contribution in [1.82, 2.24) is 4.98 Å². The van der Waals surface area contributed by atoms with E-state index in [2.05, 4.69) is 4.98 Å². The number of carbonyl (C=O) groups is 1. The average molecular weight is 166 g/mol. The van der Waals surface area contributed by atoms with Crippen molar-refractivity contribution < 1.29 is 9.90 Å². The molecule has 1 heterocycles. The summed E-state index contributed by atoms with van der Waals surface area (Å²) in [6.07, 6.45) is 3.88. The van der Waals surface area contributed by atoms with Gasteiger partial charge in [-0.15, -0.1) is 0 Å². The van der Waals surface area contributed by atoms with Crippen LogP contribution in [0.5, 0.6) is 0 Å². The number of anilines is 1. The Morgan fingerprint density at radius 3 is 3.00 bits per heavy atom. The number of carbonyl (C=O) groups excluding carboxylic acids is 1. The lowest BCUT2D eigenvalue weighted by molar-refractivity contribution is -0.107. The highest BCUT2D eigenvalue weighted by atomic mass is 16.3. The van der Waals surface area contributed by atoms with Crippen LogP contribution in [0.4, 0.5) is 5.69 Å². The predicted molar refractivity (Wildman–Crippen MR) is 44.7 cm³/mol. The number of pyridine rings is 1. The van der Waals surface area contributed by atoms with E-state index < -0.39 is 0 Å². The minimum Gasteiger partial charge on any atom is -0.395 e. The Bertz CT molecular complexity index is 238. The average Bonchev–Trinajstić information content (AvgIpc) is 2.15. The number of aliphatic hydroxyl groups is 1. The molecule has 0 atom stereocenters. The predicted octanol–water partition coefficient (Wildman–Crippen LogP) is 0.0367. The Balaban J connectivity index is 2.73. The van der Waals surface area contributed by atoms with E-state index in [1.54, 1.807) is 24.5 Å². The Kier molecular flexibility index (Phi) is 3.22. The molecule has 1 amide bonds. The minimum absolute atomic E-state index is 0.0480. The molecule has 1 rings (SSSR count). The van der Waals surface area contributed by atoms with Gasteiger partial charge >= 0.3 is 0 Å². The summed E-state index contributed by atoms with van der Waals surface area (Å²) in [4.78, 5) is 15.7. The standard InChI is InChI=1S/C8H10N2O2/c11-5-4-10(7-12)8-2-1-3-9-6-8/h1-3,6-7,11H,4-5H2. The van der Waals surface area contributed by atoms with Crippen molar-refractivity contribution in [1.29, 1.82) is 0 Å². The molecule has 0 bridgehead atoms. The maximum absolute atomic E-state index is 10.5. The highest BCUT2D eigenvalue weighted by molar-refractivity contribution is 5.74. The van der Waals surface area contributed by atoms with Crippen molar-refractivity contribution >= 4 is 12.1 Å². The van der Waals surface area contributed by atoms with Crippen molar-refractivity contribution in [3.63, 3.8) is 0 Å². The fourth-order valence-electron chi connectivity index (χ4n) is 0.874. The van der Waals surface area contributed by atoms with Crippen molar-refractivity contribution in [2.45, 2.75) is 0 Å². The van der Waals surface area contributed by atoms with Crippen LogP contribution >= 0.6 is 0 Å². The lowest BCUT2D eigenvalue weighted by Gasteiger charge is -2.14. The van der Waals surface area contributed by atoms with Gasteiger partial charge in [-0.05, 0) is 12.1 Å². The fraction of sp³-hybridized carbons (Fsp3) is 0.250. The molecule has 0 fully saturated rings. The Labute approximate surface area is 70.5 Å². The summed E-state index contributed by atoms with van der Waals surface area (Å²) in [6.45, 7) is 0.253. The molecule has 1 N–H and O–H groups in total. The van der Waals surface area contributed by atoms with E-state index in [4.69, 9.17) is 5.11 Å². The Morgan fingerprint density at radius 1 is 1.67 bits per heavy atom. The molecule has 0 saturated heterocycles. The van der Waals surface area contributed by atoms with E-state index in [-0.39, 0.29) is 6.61 Å². The first-order valence-electron chi connectivity index (χ1n) is 3.61. The third kappa shape index (κ3) is 2.03. The lowest BCUT2D eigenvalue weighted by Crippen LogP contribution is -2.24. The topological polar surface area (TPSA) is 53.4 Å². The molecule has 1 aromatic heterocycles. The summed E-state index contributed by atoms with van der Waals surface area (Å²) in [5.74, 6) is 0. The second-order valence-electron chi connectivity index (χ2n) is 2.23. The van der Waals surface area contributed by atoms with E-state index in [1.807, 2.05) is 0 Å². The van der Waals surface area contributed by atoms with E-state index in [0.29, 0.717) is 18.6 Å². The molecule has 0 spiro atoms. The molecule has 0 saturated carbocycles. The molecule has 0 aromatic carbocycles. The van der Waals surface area contributed by atoms with Gasteiger partial charge in [0.25, 0.3) is 0 Å². The number of aromatic nitrogens is 1. The van der Waals surface area contributed by atoms with Crippen LogP contribution in [0, 0.1) is 0 Å². The zero-order chi connectivity index (χ0) is 8.81. The fourth-order valence-corrected chi connectivity index (χ4v) is 0.874. The minimum atomic E-state index is -0.0480. The molecular weight excluding hydrogens is 156 g/mol. The number of amides is 1. The van der Waals surface area contributed by atoms with Gasteiger partial charge in [-0.25, -0.2) is 0 Å². The van der Waals surface area contributed by atoms with E-state index in [0.717, 1.165) is 0 Å². The molecule has 0 aliphatic heterocycles. The van der Waals surface area contributed by atoms with Crippen molar-refractivity contribution in [3.05, 3.63) is 24.5 Å². The lowest BCUT2D eigenvalue weighted by atomic mass is 10.4. The molecule has 0 unspecified atom stereocenters. The van der Waals surface area contributed by atoms with Crippen LogP contribution in [0.25, 0.3) is 0 Å². The van der Waals surface area contributed by atoms with E-state index >= 15 is 0 Å². The normalized spacial score (nSPS) is 9.42. The summed E-state index contributed by atoms with van der Waals surface area (Å²) in [5, 5.41) is 8.61. The smallest absolute Gasteiger partial charge is 0.214 e. The number of nitrogens with zero attached hydrogens (tertiary/aromatic N) is 2. The van der Waals surface area contributed by atoms with E-state index in [1.165, 1.54) is 4.90 Å². The summed E-state index contributed by atoms with van der Waals surface area (Å²) < 4.78 is 0. The summed E-state index contributed by atoms with van der Waals surface area (Å²) in [7, 11) is 0. The molecule has 0 aliphatic carbocycles. The Hall–Kier alpha value is -1.42. The third-order valence-electron chi connectivity index (χ3n) is 1.45. The van der Waals surface area contributed by atoms with Crippen molar-refractivity contribution in [3.8, 4) is 0 Å². The van der Waals surface area contributed by atoms with Crippen LogP contribution in [0.15, 0.2) is 24.5 Å². The van der Waals surface area contributed by atoms with Crippen molar-refractivity contribution in [2.24, 2.45) is 0 Å². The van der Waals surface area contributed by atoms with Gasteiger partial charge in [0, 0.05) is 12.7 Å². The third-order valence-corrected chi connectivity index (χ3v) is 1.45. The molecule has 0 radical (unpaired) electrons. The van der Waals surface area contributed by atoms with Gasteiger partial charge in [0.05, 0.1) is 18.5 Å². The zero-order valence-electron chi connectivity index (χ0n) is 6.55. The van der Waals surface area contributed by atoms with Crippen LogP contribution in [-0.4, -0.2) is 29.7 Å². The van der Waals surface area contributed by atoms with Crippen LogP contribution in [-0.2, 0) is 4.79 Å². The van der Waals surface area contributed by atoms with Gasteiger partial charge in [0.1, 0.15) is 0 Å². The first-order chi connectivity index (χ1) is 5.88. The molecule has 4 nitrogen and oxygen atoms in total. The quantitative estimate of drug-likeness (QED) is 0.642. The second-order valence-corrected chi connectivity index (χ2v) is 2.23. The summed E-state index contributed by atoms with van der Waals surface area (Å²) in [5.41, 5.74) is 0.696. The molecule has 64 valence electrons. The highest BCUT2D eigenvalue weighted by Gasteiger charge is 2.01. The van der Waals surface area contributed by atoms with Gasteiger partial charge in [0.2, 0.25) is 6.41 Å². The van der Waals surface area contributed by atoms with Gasteiger partial charge in [-0.3, -0.25) is 9.78 Å². The molecule has 4 heteroatoms. The maximum Gasteiger partial charge on any atom is 0.214 e. The molecule has 12 heavy (non-hydrogen) atoms. The monoisotopic (exact) mass is 166 g/mol. The summed E-state index contributed by atoms with van der Waals surface area (Å²) >= 11 is 0. The van der Waals surface area contributed by atoms with Gasteiger partial charge in [0.15, 0.2) is 0 Å². The largest absolute Gasteiger partial charge is 0.395 e. The molecule has 0 aliphatic rings. The van der Waals surface area contributed by atoms with E-state index in [9.17, 15) is 4.79 Å². The zero-order valence-corrected chi connectivity index (χ0v) is 6.55. The molecular formula is C8H10N2O2. The SMILES string of the molecule is O=CN(CCO)c1cccnc1. The second kappa shape index (κ2) is 4.46.